The Morgan fingerprint density at radius 2 is 0.746 bits per heavy atom. The summed E-state index contributed by atoms with van der Waals surface area (Å²) in [5.74, 6) is 0.167. The van der Waals surface area contributed by atoms with Gasteiger partial charge in [-0.25, -0.2) is 0 Å². The van der Waals surface area contributed by atoms with E-state index in [0.29, 0.717) is 0 Å². The van der Waals surface area contributed by atoms with Gasteiger partial charge >= 0.3 is 0 Å². The molecule has 0 amide bonds. The largest absolute Gasteiger partial charge is 0.456 e. The number of benzene rings is 9. The fourth-order valence-corrected chi connectivity index (χ4v) is 9.59. The first-order valence-electron chi connectivity index (χ1n) is 22.1. The maximum absolute atomic E-state index is 6.92. The molecule has 0 N–H and O–H groups in total. The molecule has 9 aromatic carbocycles. The summed E-state index contributed by atoms with van der Waals surface area (Å²) in [6.07, 6.45) is 0. The van der Waals surface area contributed by atoms with Crippen molar-refractivity contribution in [2.24, 2.45) is 0 Å². The summed E-state index contributed by atoms with van der Waals surface area (Å²) >= 11 is 0. The molecule has 0 atom stereocenters. The van der Waals surface area contributed by atoms with Gasteiger partial charge in [0.05, 0.1) is 0 Å². The van der Waals surface area contributed by atoms with Gasteiger partial charge in [-0.3, -0.25) is 0 Å². The highest BCUT2D eigenvalue weighted by Crippen LogP contribution is 2.46. The Balaban J connectivity index is 1.05. The summed E-state index contributed by atoms with van der Waals surface area (Å²) in [5, 5.41) is 9.06. The van der Waals surface area contributed by atoms with Gasteiger partial charge in [-0.15, -0.1) is 0 Å². The van der Waals surface area contributed by atoms with E-state index >= 15 is 0 Å². The molecule has 63 heavy (non-hydrogen) atoms. The smallest absolute Gasteiger partial charge is 0.142 e. The Kier molecular flexibility index (Phi) is 8.99. The number of hydrogen-bond donors (Lipinski definition) is 0. The summed E-state index contributed by atoms with van der Waals surface area (Å²) in [6.45, 7) is 17.4. The number of fused-ring (bicyclic) bond motifs is 8. The van der Waals surface area contributed by atoms with Crippen molar-refractivity contribution >= 4 is 99.5 Å². The molecule has 4 heteroatoms. The van der Waals surface area contributed by atoms with E-state index in [-0.39, 0.29) is 5.92 Å². The number of aryl methyl sites for hydroxylation is 6. The fourth-order valence-electron chi connectivity index (χ4n) is 9.59. The number of furan rings is 2. The monoisotopic (exact) mass is 818 g/mol. The van der Waals surface area contributed by atoms with Crippen LogP contribution in [0, 0.1) is 41.5 Å². The van der Waals surface area contributed by atoms with Crippen LogP contribution >= 0.6 is 0 Å². The highest BCUT2D eigenvalue weighted by atomic mass is 16.3. The van der Waals surface area contributed by atoms with Gasteiger partial charge in [-0.2, -0.15) is 0 Å². The highest BCUT2D eigenvalue weighted by molar-refractivity contribution is 6.20. The van der Waals surface area contributed by atoms with E-state index in [4.69, 9.17) is 8.83 Å². The quantitative estimate of drug-likeness (QED) is 0.160. The van der Waals surface area contributed by atoms with Crippen LogP contribution in [0.1, 0.15) is 58.7 Å². The zero-order chi connectivity index (χ0) is 43.3. The predicted octanol–water partition coefficient (Wildman–Crippen LogP) is 17.7. The Hall–Kier alpha value is -7.30. The molecule has 0 aliphatic carbocycles. The predicted molar refractivity (Wildman–Crippen MR) is 268 cm³/mol. The van der Waals surface area contributed by atoms with Gasteiger partial charge in [-0.05, 0) is 182 Å². The van der Waals surface area contributed by atoms with Crippen molar-refractivity contribution in [1.82, 2.24) is 0 Å². The van der Waals surface area contributed by atoms with Gasteiger partial charge < -0.3 is 18.6 Å². The molecule has 308 valence electrons. The molecule has 0 aliphatic heterocycles. The molecule has 0 radical (unpaired) electrons. The van der Waals surface area contributed by atoms with Crippen LogP contribution in [0.4, 0.5) is 34.1 Å². The van der Waals surface area contributed by atoms with Crippen molar-refractivity contribution in [1.29, 1.82) is 0 Å². The van der Waals surface area contributed by atoms with Crippen LogP contribution in [0.15, 0.2) is 160 Å². The molecule has 0 unspecified atom stereocenters. The van der Waals surface area contributed by atoms with Crippen molar-refractivity contribution in [3.63, 3.8) is 0 Å². The number of rotatable bonds is 7. The molecular weight excluding hydrogens is 769 g/mol. The first-order valence-corrected chi connectivity index (χ1v) is 22.1. The zero-order valence-corrected chi connectivity index (χ0v) is 37.2. The summed E-state index contributed by atoms with van der Waals surface area (Å²) < 4.78 is 13.8. The second kappa shape index (κ2) is 14.7. The molecular formula is C59H50N2O2. The second-order valence-corrected chi connectivity index (χ2v) is 18.1. The van der Waals surface area contributed by atoms with Crippen LogP contribution in [-0.4, -0.2) is 0 Å². The van der Waals surface area contributed by atoms with Gasteiger partial charge in [0.25, 0.3) is 0 Å². The van der Waals surface area contributed by atoms with E-state index in [1.54, 1.807) is 0 Å². The van der Waals surface area contributed by atoms with Crippen molar-refractivity contribution in [2.45, 2.75) is 61.3 Å². The number of hydrogen-bond acceptors (Lipinski definition) is 4. The third-order valence-corrected chi connectivity index (χ3v) is 13.0. The lowest BCUT2D eigenvalue weighted by Gasteiger charge is -2.28. The normalized spacial score (nSPS) is 12.0. The number of nitrogens with zero attached hydrogens (tertiary/aromatic N) is 2. The maximum atomic E-state index is 6.92. The maximum Gasteiger partial charge on any atom is 0.142 e. The Bertz CT molecular complexity index is 3370. The van der Waals surface area contributed by atoms with E-state index in [1.165, 1.54) is 55.5 Å². The minimum absolute atomic E-state index is 0.167. The molecule has 0 aliphatic rings. The van der Waals surface area contributed by atoms with Gasteiger partial charge in [-0.1, -0.05) is 85.6 Å². The van der Waals surface area contributed by atoms with Gasteiger partial charge in [0.2, 0.25) is 0 Å². The molecule has 0 bridgehead atoms. The molecule has 0 spiro atoms. The van der Waals surface area contributed by atoms with Crippen LogP contribution < -0.4 is 9.80 Å². The Morgan fingerprint density at radius 3 is 1.16 bits per heavy atom. The van der Waals surface area contributed by atoms with E-state index in [9.17, 15) is 0 Å². The SMILES string of the molecule is Cc1ccc(N(c2ccc3cc4c(cc3c2)oc2c(C(C)C)c3oc5cc6cc(N(c7ccc(C)cc7)c7cc(C)ccc7C)ccc6cc5c3cc24)c2cc(C)ccc2C)cc1. The third kappa shape index (κ3) is 6.52. The summed E-state index contributed by atoms with van der Waals surface area (Å²) in [5.41, 5.74) is 18.9. The highest BCUT2D eigenvalue weighted by Gasteiger charge is 2.24. The van der Waals surface area contributed by atoms with Crippen LogP contribution in [-0.2, 0) is 0 Å². The van der Waals surface area contributed by atoms with E-state index in [0.717, 1.165) is 83.0 Å². The van der Waals surface area contributed by atoms with Crippen molar-refractivity contribution in [3.8, 4) is 0 Å². The van der Waals surface area contributed by atoms with E-state index in [2.05, 4.69) is 217 Å². The van der Waals surface area contributed by atoms with Crippen LogP contribution in [0.3, 0.4) is 0 Å². The topological polar surface area (TPSA) is 32.8 Å². The standard InChI is InChI=1S/C59H50N2O2/c1-34(2)57-58-51(49-29-41-17-23-47(27-43(41)31-55(49)62-58)60(45-19-11-35(3)12-20-45)53-25-37(5)9-15-39(53)7)33-52-50-30-42-18-24-48(28-44(42)32-56(50)63-59(52)57)61(46-21-13-36(4)14-22-46)54-26-38(6)10-16-40(54)8/h9-34H,1-8H3. The van der Waals surface area contributed by atoms with E-state index < -0.39 is 0 Å². The average Bonchev–Trinajstić information content (AvgIpc) is 3.81. The fraction of sp³-hybridized carbons (Fsp3) is 0.153. The minimum atomic E-state index is 0.167. The van der Waals surface area contributed by atoms with Crippen LogP contribution in [0.5, 0.6) is 0 Å². The molecule has 4 nitrogen and oxygen atoms in total. The van der Waals surface area contributed by atoms with Crippen molar-refractivity contribution < 1.29 is 8.83 Å². The summed E-state index contributed by atoms with van der Waals surface area (Å²) in [6, 6.07) is 55.9. The molecule has 0 saturated carbocycles. The van der Waals surface area contributed by atoms with Gasteiger partial charge in [0.15, 0.2) is 0 Å². The second-order valence-electron chi connectivity index (χ2n) is 18.1. The number of anilines is 6. The van der Waals surface area contributed by atoms with Crippen molar-refractivity contribution in [2.75, 3.05) is 9.80 Å². The minimum Gasteiger partial charge on any atom is -0.456 e. The zero-order valence-electron chi connectivity index (χ0n) is 37.2. The lowest BCUT2D eigenvalue weighted by Crippen LogP contribution is -2.11. The molecule has 2 aromatic heterocycles. The summed E-state index contributed by atoms with van der Waals surface area (Å²) in [4.78, 5) is 4.74. The lowest BCUT2D eigenvalue weighted by molar-refractivity contribution is 0.638. The van der Waals surface area contributed by atoms with Gasteiger partial charge in [0, 0.05) is 61.2 Å². The molecule has 0 saturated heterocycles. The lowest BCUT2D eigenvalue weighted by atomic mass is 9.95. The summed E-state index contributed by atoms with van der Waals surface area (Å²) in [7, 11) is 0. The Labute approximate surface area is 368 Å². The first-order chi connectivity index (χ1) is 30.5. The third-order valence-electron chi connectivity index (χ3n) is 13.0. The van der Waals surface area contributed by atoms with Crippen LogP contribution in [0.25, 0.3) is 65.4 Å². The molecule has 11 rings (SSSR count). The van der Waals surface area contributed by atoms with Crippen molar-refractivity contribution in [3.05, 3.63) is 191 Å². The van der Waals surface area contributed by atoms with Crippen LogP contribution in [0.2, 0.25) is 0 Å². The molecule has 2 heterocycles. The van der Waals surface area contributed by atoms with E-state index in [1.807, 2.05) is 0 Å². The molecule has 11 aromatic rings. The molecule has 0 fully saturated rings. The average molecular weight is 819 g/mol. The first kappa shape index (κ1) is 38.6. The van der Waals surface area contributed by atoms with Gasteiger partial charge in [0.1, 0.15) is 22.3 Å². The Morgan fingerprint density at radius 1 is 0.349 bits per heavy atom.